The number of thiophene rings is 1. The predicted molar refractivity (Wildman–Crippen MR) is 109 cm³/mol. The quantitative estimate of drug-likeness (QED) is 0.669. The van der Waals surface area contributed by atoms with Crippen molar-refractivity contribution in [2.45, 2.75) is 70.4 Å². The van der Waals surface area contributed by atoms with E-state index in [0.29, 0.717) is 11.6 Å². The van der Waals surface area contributed by atoms with Gasteiger partial charge < -0.3 is 19.5 Å². The Hall–Kier alpha value is -1.44. The average Bonchev–Trinajstić information content (AvgIpc) is 3.17. The lowest BCUT2D eigenvalue weighted by atomic mass is 9.81. The van der Waals surface area contributed by atoms with Crippen LogP contribution in [0.2, 0.25) is 0 Å². The van der Waals surface area contributed by atoms with Gasteiger partial charge in [0.25, 0.3) is 0 Å². The highest BCUT2D eigenvalue weighted by Gasteiger charge is 2.37. The smallest absolute Gasteiger partial charge is 0.348 e. The summed E-state index contributed by atoms with van der Waals surface area (Å²) in [5.74, 6) is -0.187. The van der Waals surface area contributed by atoms with Crippen LogP contribution >= 0.6 is 11.3 Å². The molecule has 1 aromatic rings. The molecule has 0 bridgehead atoms. The van der Waals surface area contributed by atoms with Gasteiger partial charge in [-0.2, -0.15) is 0 Å². The minimum atomic E-state index is -0.961. The first-order valence-corrected chi connectivity index (χ1v) is 11.1. The summed E-state index contributed by atoms with van der Waals surface area (Å²) in [6.45, 7) is 2.52. The van der Waals surface area contributed by atoms with Gasteiger partial charge in [-0.3, -0.25) is 4.79 Å². The highest BCUT2D eigenvalue weighted by atomic mass is 32.1. The van der Waals surface area contributed by atoms with E-state index in [4.69, 9.17) is 9.47 Å². The third-order valence-corrected chi connectivity index (χ3v) is 7.02. The summed E-state index contributed by atoms with van der Waals surface area (Å²) < 4.78 is 10.7. The van der Waals surface area contributed by atoms with Crippen LogP contribution in [0.5, 0.6) is 0 Å². The van der Waals surface area contributed by atoms with Gasteiger partial charge in [0.1, 0.15) is 11.7 Å². The molecule has 1 N–H and O–H groups in total. The van der Waals surface area contributed by atoms with E-state index >= 15 is 0 Å². The maximum atomic E-state index is 13.5. The lowest BCUT2D eigenvalue weighted by molar-refractivity contribution is -0.124. The summed E-state index contributed by atoms with van der Waals surface area (Å²) in [6.07, 6.45) is 7.42. The fraction of sp³-hybridized carbons (Fsp3) is 0.714. The van der Waals surface area contributed by atoms with Crippen LogP contribution in [0.3, 0.4) is 0 Å². The number of hydrogen-bond acceptors (Lipinski definition) is 5. The molecule has 0 unspecified atom stereocenters. The van der Waals surface area contributed by atoms with Crippen molar-refractivity contribution in [3.05, 3.63) is 16.3 Å². The monoisotopic (exact) mass is 409 g/mol. The molecule has 156 valence electrons. The number of anilines is 1. The summed E-state index contributed by atoms with van der Waals surface area (Å²) in [7, 11) is 1.61. The number of nitrogens with zero attached hydrogens (tertiary/aromatic N) is 1. The SMILES string of the molecule is COCOC1CCC(N(C(=O)C2CCC(C)CC2)c2ccsc2C(=O)O)CC1. The first-order chi connectivity index (χ1) is 13.5. The molecule has 0 radical (unpaired) electrons. The molecular formula is C21H31NO5S. The van der Waals surface area contributed by atoms with E-state index in [1.54, 1.807) is 18.6 Å². The number of carbonyl (C=O) groups is 2. The Morgan fingerprint density at radius 2 is 1.82 bits per heavy atom. The van der Waals surface area contributed by atoms with Crippen molar-refractivity contribution in [1.29, 1.82) is 0 Å². The molecule has 1 heterocycles. The number of methoxy groups -OCH3 is 1. The lowest BCUT2D eigenvalue weighted by Crippen LogP contribution is -2.47. The van der Waals surface area contributed by atoms with Crippen LogP contribution in [0.4, 0.5) is 5.69 Å². The van der Waals surface area contributed by atoms with Crippen LogP contribution in [0.25, 0.3) is 0 Å². The minimum Gasteiger partial charge on any atom is -0.477 e. The Balaban J connectivity index is 1.78. The predicted octanol–water partition coefficient (Wildman–Crippen LogP) is 4.54. The van der Waals surface area contributed by atoms with Gasteiger partial charge in [0, 0.05) is 19.1 Å². The van der Waals surface area contributed by atoms with E-state index in [9.17, 15) is 14.7 Å². The third kappa shape index (κ3) is 4.93. The van der Waals surface area contributed by atoms with Gasteiger partial charge in [0.2, 0.25) is 5.91 Å². The number of carboxylic acids is 1. The van der Waals surface area contributed by atoms with Crippen LogP contribution in [0.1, 0.15) is 68.0 Å². The van der Waals surface area contributed by atoms with Gasteiger partial charge in [-0.05, 0) is 68.7 Å². The second-order valence-corrected chi connectivity index (χ2v) is 9.02. The summed E-state index contributed by atoms with van der Waals surface area (Å²) >= 11 is 1.19. The van der Waals surface area contributed by atoms with E-state index in [1.165, 1.54) is 11.3 Å². The zero-order chi connectivity index (χ0) is 20.1. The fourth-order valence-corrected chi connectivity index (χ4v) is 5.21. The van der Waals surface area contributed by atoms with Crippen LogP contribution < -0.4 is 4.90 Å². The molecule has 2 saturated carbocycles. The standard InChI is InChI=1S/C21H31NO5S/c1-14-3-5-15(6-4-14)20(23)22(18-11-12-28-19(18)21(24)25)16-7-9-17(10-8-16)27-13-26-2/h11-12,14-17H,3-10,13H2,1-2H3,(H,24,25). The van der Waals surface area contributed by atoms with Crippen molar-refractivity contribution in [2.75, 3.05) is 18.8 Å². The molecule has 0 saturated heterocycles. The number of aromatic carboxylic acids is 1. The van der Waals surface area contributed by atoms with Crippen LogP contribution in [-0.4, -0.2) is 43.0 Å². The van der Waals surface area contributed by atoms with Crippen LogP contribution in [-0.2, 0) is 14.3 Å². The van der Waals surface area contributed by atoms with E-state index in [2.05, 4.69) is 6.92 Å². The topological polar surface area (TPSA) is 76.1 Å². The second-order valence-electron chi connectivity index (χ2n) is 8.11. The van der Waals surface area contributed by atoms with Gasteiger partial charge in [0.15, 0.2) is 0 Å². The lowest BCUT2D eigenvalue weighted by Gasteiger charge is -2.39. The summed E-state index contributed by atoms with van der Waals surface area (Å²) in [5.41, 5.74) is 0.572. The van der Waals surface area contributed by atoms with Crippen molar-refractivity contribution in [1.82, 2.24) is 0 Å². The molecule has 1 aromatic heterocycles. The summed E-state index contributed by atoms with van der Waals surface area (Å²) in [5, 5.41) is 11.4. The molecular weight excluding hydrogens is 378 g/mol. The molecule has 3 rings (SSSR count). The second kappa shape index (κ2) is 9.85. The number of hydrogen-bond donors (Lipinski definition) is 1. The molecule has 2 aliphatic rings. The van der Waals surface area contributed by atoms with Crippen molar-refractivity contribution >= 4 is 28.9 Å². The molecule has 2 aliphatic carbocycles. The van der Waals surface area contributed by atoms with E-state index < -0.39 is 5.97 Å². The number of amides is 1. The highest BCUT2D eigenvalue weighted by Crippen LogP contribution is 2.37. The van der Waals surface area contributed by atoms with E-state index in [0.717, 1.165) is 51.4 Å². The van der Waals surface area contributed by atoms with Gasteiger partial charge in [-0.25, -0.2) is 4.79 Å². The van der Waals surface area contributed by atoms with Crippen molar-refractivity contribution in [3.8, 4) is 0 Å². The molecule has 28 heavy (non-hydrogen) atoms. The summed E-state index contributed by atoms with van der Waals surface area (Å²) in [6, 6.07) is 1.83. The molecule has 0 spiro atoms. The average molecular weight is 410 g/mol. The van der Waals surface area contributed by atoms with Crippen LogP contribution in [0.15, 0.2) is 11.4 Å². The van der Waals surface area contributed by atoms with Crippen molar-refractivity contribution < 1.29 is 24.2 Å². The normalized spacial score (nSPS) is 28.1. The number of carbonyl (C=O) groups excluding carboxylic acids is 1. The zero-order valence-electron chi connectivity index (χ0n) is 16.8. The minimum absolute atomic E-state index is 0.000194. The first kappa shape index (κ1) is 21.3. The molecule has 0 aliphatic heterocycles. The van der Waals surface area contributed by atoms with Gasteiger partial charge >= 0.3 is 5.97 Å². The number of rotatable bonds is 7. The highest BCUT2D eigenvalue weighted by molar-refractivity contribution is 7.12. The van der Waals surface area contributed by atoms with Gasteiger partial charge in [-0.1, -0.05) is 6.92 Å². The third-order valence-electron chi connectivity index (χ3n) is 6.13. The Kier molecular flexibility index (Phi) is 7.48. The van der Waals surface area contributed by atoms with Crippen LogP contribution in [0, 0.1) is 11.8 Å². The molecule has 0 atom stereocenters. The molecule has 2 fully saturated rings. The van der Waals surface area contributed by atoms with Crippen molar-refractivity contribution in [3.63, 3.8) is 0 Å². The Morgan fingerprint density at radius 3 is 2.43 bits per heavy atom. The van der Waals surface area contributed by atoms with Crippen molar-refractivity contribution in [2.24, 2.45) is 11.8 Å². The summed E-state index contributed by atoms with van der Waals surface area (Å²) in [4.78, 5) is 27.3. The molecule has 0 aromatic carbocycles. The number of carboxylic acid groups (broad SMARTS) is 1. The maximum Gasteiger partial charge on any atom is 0.348 e. The Bertz CT molecular complexity index is 660. The van der Waals surface area contributed by atoms with E-state index in [-0.39, 0.29) is 35.6 Å². The Morgan fingerprint density at radius 1 is 1.14 bits per heavy atom. The largest absolute Gasteiger partial charge is 0.477 e. The zero-order valence-corrected chi connectivity index (χ0v) is 17.6. The van der Waals surface area contributed by atoms with Gasteiger partial charge in [0.05, 0.1) is 11.8 Å². The maximum absolute atomic E-state index is 13.5. The van der Waals surface area contributed by atoms with E-state index in [1.807, 2.05) is 4.90 Å². The molecule has 7 heteroatoms. The molecule has 1 amide bonds. The fourth-order valence-electron chi connectivity index (χ4n) is 4.49. The van der Waals surface area contributed by atoms with Gasteiger partial charge in [-0.15, -0.1) is 11.3 Å². The molecule has 6 nitrogen and oxygen atoms in total. The number of ether oxygens (including phenoxy) is 2. The first-order valence-electron chi connectivity index (χ1n) is 10.3. The Labute approximate surface area is 170 Å².